The van der Waals surface area contributed by atoms with Gasteiger partial charge in [-0.05, 0) is 53.4 Å². The van der Waals surface area contributed by atoms with Gasteiger partial charge in [-0.2, -0.15) is 11.3 Å². The fourth-order valence-electron chi connectivity index (χ4n) is 2.03. The summed E-state index contributed by atoms with van der Waals surface area (Å²) in [6.07, 6.45) is 0. The average molecular weight is 274 g/mol. The minimum atomic E-state index is 0.00963. The minimum absolute atomic E-state index is 0.00963. The molecule has 0 aliphatic carbocycles. The molecule has 1 aromatic carbocycles. The van der Waals surface area contributed by atoms with Gasteiger partial charge in [-0.25, -0.2) is 0 Å². The summed E-state index contributed by atoms with van der Waals surface area (Å²) in [6, 6.07) is 5.77. The molecule has 0 aliphatic rings. The topological polar surface area (TPSA) is 46.3 Å². The Morgan fingerprint density at radius 3 is 2.68 bits per heavy atom. The van der Waals surface area contributed by atoms with Crippen molar-refractivity contribution < 1.29 is 4.79 Å². The highest BCUT2D eigenvalue weighted by molar-refractivity contribution is 7.07. The molecular weight excluding hydrogens is 256 g/mol. The van der Waals surface area contributed by atoms with Gasteiger partial charge < -0.3 is 10.6 Å². The first-order valence-electron chi connectivity index (χ1n) is 6.12. The monoisotopic (exact) mass is 274 g/mol. The van der Waals surface area contributed by atoms with Crippen LogP contribution in [0.25, 0.3) is 0 Å². The number of nitrogens with two attached hydrogens (primary N) is 1. The van der Waals surface area contributed by atoms with Crippen molar-refractivity contribution in [2.75, 3.05) is 12.8 Å². The van der Waals surface area contributed by atoms with Crippen LogP contribution in [0.5, 0.6) is 0 Å². The molecule has 0 fully saturated rings. The fraction of sp³-hybridized carbons (Fsp3) is 0.267. The Kier molecular flexibility index (Phi) is 3.90. The van der Waals surface area contributed by atoms with Gasteiger partial charge in [0.05, 0.1) is 0 Å². The van der Waals surface area contributed by atoms with Crippen LogP contribution >= 0.6 is 11.3 Å². The van der Waals surface area contributed by atoms with Gasteiger partial charge in [0.25, 0.3) is 5.91 Å². The van der Waals surface area contributed by atoms with Crippen molar-refractivity contribution in [1.29, 1.82) is 0 Å². The zero-order chi connectivity index (χ0) is 14.0. The summed E-state index contributed by atoms with van der Waals surface area (Å²) in [6.45, 7) is 4.51. The molecule has 19 heavy (non-hydrogen) atoms. The number of anilines is 1. The van der Waals surface area contributed by atoms with Gasteiger partial charge >= 0.3 is 0 Å². The number of nitrogens with zero attached hydrogens (tertiary/aromatic N) is 1. The van der Waals surface area contributed by atoms with E-state index in [1.165, 1.54) is 0 Å². The van der Waals surface area contributed by atoms with Crippen LogP contribution in [0.2, 0.25) is 0 Å². The number of carbonyl (C=O) groups excluding carboxylic acids is 1. The molecule has 0 bridgehead atoms. The van der Waals surface area contributed by atoms with Crippen LogP contribution in [0.1, 0.15) is 27.0 Å². The van der Waals surface area contributed by atoms with E-state index >= 15 is 0 Å². The van der Waals surface area contributed by atoms with E-state index in [9.17, 15) is 4.79 Å². The number of hydrogen-bond donors (Lipinski definition) is 1. The Morgan fingerprint density at radius 1 is 1.32 bits per heavy atom. The van der Waals surface area contributed by atoms with Crippen LogP contribution < -0.4 is 5.73 Å². The largest absolute Gasteiger partial charge is 0.398 e. The van der Waals surface area contributed by atoms with E-state index in [-0.39, 0.29) is 5.91 Å². The lowest BCUT2D eigenvalue weighted by Crippen LogP contribution is -2.26. The van der Waals surface area contributed by atoms with E-state index in [4.69, 9.17) is 5.73 Å². The van der Waals surface area contributed by atoms with E-state index in [0.717, 1.165) is 16.7 Å². The van der Waals surface area contributed by atoms with Crippen LogP contribution in [0.3, 0.4) is 0 Å². The molecule has 4 heteroatoms. The summed E-state index contributed by atoms with van der Waals surface area (Å²) < 4.78 is 0. The normalized spacial score (nSPS) is 10.5. The Bertz CT molecular complexity index is 590. The number of amides is 1. The van der Waals surface area contributed by atoms with E-state index < -0.39 is 0 Å². The fourth-order valence-corrected chi connectivity index (χ4v) is 2.69. The number of aryl methyl sites for hydroxylation is 2. The second kappa shape index (κ2) is 5.45. The van der Waals surface area contributed by atoms with E-state index in [1.54, 1.807) is 22.3 Å². The number of hydrogen-bond acceptors (Lipinski definition) is 3. The molecule has 0 saturated carbocycles. The summed E-state index contributed by atoms with van der Waals surface area (Å²) in [5.41, 5.74) is 10.4. The molecule has 2 N–H and O–H groups in total. The molecule has 1 aromatic heterocycles. The molecular formula is C15H18N2OS. The third-order valence-electron chi connectivity index (χ3n) is 3.19. The van der Waals surface area contributed by atoms with Gasteiger partial charge in [0.15, 0.2) is 0 Å². The Balaban J connectivity index is 2.21. The lowest BCUT2D eigenvalue weighted by molar-refractivity contribution is 0.0784. The maximum atomic E-state index is 12.4. The van der Waals surface area contributed by atoms with Crippen molar-refractivity contribution in [3.8, 4) is 0 Å². The Hall–Kier alpha value is -1.81. The quantitative estimate of drug-likeness (QED) is 0.874. The van der Waals surface area contributed by atoms with Crippen molar-refractivity contribution >= 4 is 22.9 Å². The molecule has 0 unspecified atom stereocenters. The minimum Gasteiger partial charge on any atom is -0.398 e. The summed E-state index contributed by atoms with van der Waals surface area (Å²) in [4.78, 5) is 14.2. The number of nitrogen functional groups attached to an aromatic ring is 1. The summed E-state index contributed by atoms with van der Waals surface area (Å²) in [5.74, 6) is 0.00963. The maximum absolute atomic E-state index is 12.4. The molecule has 1 amide bonds. The van der Waals surface area contributed by atoms with E-state index in [0.29, 0.717) is 17.8 Å². The molecule has 0 radical (unpaired) electrons. The first kappa shape index (κ1) is 13.6. The highest BCUT2D eigenvalue weighted by Crippen LogP contribution is 2.20. The van der Waals surface area contributed by atoms with Crippen LogP contribution in [0.15, 0.2) is 29.0 Å². The predicted molar refractivity (Wildman–Crippen MR) is 80.4 cm³/mol. The number of benzene rings is 1. The first-order chi connectivity index (χ1) is 8.99. The molecule has 0 saturated heterocycles. The lowest BCUT2D eigenvalue weighted by Gasteiger charge is -2.18. The molecule has 0 aliphatic heterocycles. The zero-order valence-electron chi connectivity index (χ0n) is 11.4. The van der Waals surface area contributed by atoms with Crippen molar-refractivity contribution in [1.82, 2.24) is 4.90 Å². The van der Waals surface area contributed by atoms with Crippen molar-refractivity contribution in [2.45, 2.75) is 20.4 Å². The van der Waals surface area contributed by atoms with Crippen LogP contribution in [0, 0.1) is 13.8 Å². The van der Waals surface area contributed by atoms with Crippen LogP contribution in [0.4, 0.5) is 5.69 Å². The van der Waals surface area contributed by atoms with E-state index in [2.05, 4.69) is 5.38 Å². The second-order valence-electron chi connectivity index (χ2n) is 4.82. The maximum Gasteiger partial charge on any atom is 0.254 e. The number of thiophene rings is 1. The van der Waals surface area contributed by atoms with E-state index in [1.807, 2.05) is 38.4 Å². The second-order valence-corrected chi connectivity index (χ2v) is 5.60. The summed E-state index contributed by atoms with van der Waals surface area (Å²) >= 11 is 1.64. The smallest absolute Gasteiger partial charge is 0.254 e. The van der Waals surface area contributed by atoms with Gasteiger partial charge in [0, 0.05) is 24.8 Å². The van der Waals surface area contributed by atoms with Crippen molar-refractivity contribution in [3.05, 3.63) is 51.2 Å². The Labute approximate surface area is 117 Å². The molecule has 2 rings (SSSR count). The molecule has 2 aromatic rings. The molecule has 100 valence electrons. The molecule has 3 nitrogen and oxygen atoms in total. The summed E-state index contributed by atoms with van der Waals surface area (Å²) in [5, 5.41) is 4.07. The zero-order valence-corrected chi connectivity index (χ0v) is 12.3. The standard InChI is InChI=1S/C15H18N2OS/c1-10-6-11(2)14(16)7-13(10)15(18)17(3)8-12-4-5-19-9-12/h4-7,9H,8,16H2,1-3H3. The highest BCUT2D eigenvalue weighted by atomic mass is 32.1. The van der Waals surface area contributed by atoms with Crippen LogP contribution in [-0.2, 0) is 6.54 Å². The first-order valence-corrected chi connectivity index (χ1v) is 7.06. The average Bonchev–Trinajstić information content (AvgIpc) is 2.85. The molecule has 0 atom stereocenters. The van der Waals surface area contributed by atoms with Gasteiger partial charge in [-0.15, -0.1) is 0 Å². The SMILES string of the molecule is Cc1cc(C)c(C(=O)N(C)Cc2ccsc2)cc1N. The number of carbonyl (C=O) groups is 1. The molecule has 0 spiro atoms. The van der Waals surface area contributed by atoms with Crippen molar-refractivity contribution in [2.24, 2.45) is 0 Å². The van der Waals surface area contributed by atoms with Gasteiger partial charge in [0.1, 0.15) is 0 Å². The van der Waals surface area contributed by atoms with Crippen LogP contribution in [-0.4, -0.2) is 17.9 Å². The van der Waals surface area contributed by atoms with Gasteiger partial charge in [-0.3, -0.25) is 4.79 Å². The van der Waals surface area contributed by atoms with Gasteiger partial charge in [0.2, 0.25) is 0 Å². The van der Waals surface area contributed by atoms with Crippen molar-refractivity contribution in [3.63, 3.8) is 0 Å². The predicted octanol–water partition coefficient (Wildman–Crippen LogP) is 3.22. The number of rotatable bonds is 3. The third kappa shape index (κ3) is 2.96. The third-order valence-corrected chi connectivity index (χ3v) is 3.92. The highest BCUT2D eigenvalue weighted by Gasteiger charge is 2.15. The van der Waals surface area contributed by atoms with Gasteiger partial charge in [-0.1, -0.05) is 6.07 Å². The summed E-state index contributed by atoms with van der Waals surface area (Å²) in [7, 11) is 1.81. The Morgan fingerprint density at radius 2 is 2.05 bits per heavy atom. The molecule has 1 heterocycles. The lowest BCUT2D eigenvalue weighted by atomic mass is 10.0.